The van der Waals surface area contributed by atoms with Crippen molar-refractivity contribution in [3.05, 3.63) is 35.9 Å². The van der Waals surface area contributed by atoms with Crippen molar-refractivity contribution in [2.45, 2.75) is 110 Å². The molecule has 0 unspecified atom stereocenters. The molecule has 0 bridgehead atoms. The van der Waals surface area contributed by atoms with E-state index < -0.39 is 62.2 Å². The fourth-order valence-electron chi connectivity index (χ4n) is 3.69. The van der Waals surface area contributed by atoms with Crippen LogP contribution in [0, 0.1) is 5.92 Å². The van der Waals surface area contributed by atoms with Crippen LogP contribution in [0.3, 0.4) is 0 Å². The molecule has 9 heteroatoms. The first kappa shape index (κ1) is 29.8. The van der Waals surface area contributed by atoms with E-state index >= 15 is 0 Å². The van der Waals surface area contributed by atoms with Gasteiger partial charge in [-0.15, -0.1) is 0 Å². The van der Waals surface area contributed by atoms with Gasteiger partial charge in [-0.2, -0.15) is 0 Å². The van der Waals surface area contributed by atoms with E-state index in [1.807, 2.05) is 30.3 Å². The molecular weight excluding hydrogens is 478 g/mol. The SMILES string of the molecule is C[C@@H]1OC(=O)[C@@H](NC(=O)OC(C)(C)C)[C@@H](C)OC(=O)[C@H](Cc2ccccc2)[C@H]1O[Si](C)(C)C(C)(C)C. The minimum Gasteiger partial charge on any atom is -0.460 e. The van der Waals surface area contributed by atoms with Crippen LogP contribution in [-0.2, 0) is 34.6 Å². The van der Waals surface area contributed by atoms with Crippen LogP contribution in [0.5, 0.6) is 0 Å². The van der Waals surface area contributed by atoms with Crippen LogP contribution in [0.1, 0.15) is 61.0 Å². The number of carbonyl (C=O) groups is 3. The quantitative estimate of drug-likeness (QED) is 0.330. The van der Waals surface area contributed by atoms with E-state index in [-0.39, 0.29) is 5.04 Å². The number of ether oxygens (including phenoxy) is 3. The summed E-state index contributed by atoms with van der Waals surface area (Å²) in [4.78, 5) is 39.2. The van der Waals surface area contributed by atoms with Crippen molar-refractivity contribution in [3.8, 4) is 0 Å². The number of rotatable bonds is 5. The molecule has 1 heterocycles. The third-order valence-electron chi connectivity index (χ3n) is 6.70. The maximum atomic E-state index is 13.6. The number of hydrogen-bond donors (Lipinski definition) is 1. The van der Waals surface area contributed by atoms with Crippen LogP contribution >= 0.6 is 0 Å². The van der Waals surface area contributed by atoms with E-state index in [1.54, 1.807) is 34.6 Å². The van der Waals surface area contributed by atoms with Crippen molar-refractivity contribution in [3.63, 3.8) is 0 Å². The molecule has 0 spiro atoms. The van der Waals surface area contributed by atoms with Gasteiger partial charge in [0.2, 0.25) is 0 Å². The first-order valence-corrected chi connectivity index (χ1v) is 15.4. The van der Waals surface area contributed by atoms with E-state index in [0.717, 1.165) is 5.56 Å². The molecule has 1 aromatic carbocycles. The summed E-state index contributed by atoms with van der Waals surface area (Å²) < 4.78 is 23.6. The number of alkyl carbamates (subject to hydrolysis) is 1. The van der Waals surface area contributed by atoms with Gasteiger partial charge in [-0.1, -0.05) is 51.1 Å². The molecule has 36 heavy (non-hydrogen) atoms. The molecule has 0 saturated carbocycles. The molecule has 8 nitrogen and oxygen atoms in total. The van der Waals surface area contributed by atoms with Gasteiger partial charge in [-0.05, 0) is 64.7 Å². The van der Waals surface area contributed by atoms with E-state index in [0.29, 0.717) is 6.42 Å². The van der Waals surface area contributed by atoms with Gasteiger partial charge < -0.3 is 24.0 Å². The van der Waals surface area contributed by atoms with Crippen molar-refractivity contribution in [1.82, 2.24) is 5.32 Å². The molecule has 202 valence electrons. The van der Waals surface area contributed by atoms with Crippen LogP contribution < -0.4 is 5.32 Å². The van der Waals surface area contributed by atoms with Gasteiger partial charge in [0.25, 0.3) is 0 Å². The number of esters is 2. The fraction of sp³-hybridized carbons (Fsp3) is 0.667. The lowest BCUT2D eigenvalue weighted by Gasteiger charge is -2.42. The summed E-state index contributed by atoms with van der Waals surface area (Å²) in [7, 11) is -2.38. The largest absolute Gasteiger partial charge is 0.460 e. The molecule has 1 aliphatic heterocycles. The van der Waals surface area contributed by atoms with Crippen molar-refractivity contribution < 1.29 is 33.0 Å². The summed E-state index contributed by atoms with van der Waals surface area (Å²) in [5, 5.41) is 2.38. The topological polar surface area (TPSA) is 100 Å². The Kier molecular flexibility index (Phi) is 9.39. The number of hydrogen-bond acceptors (Lipinski definition) is 7. The Morgan fingerprint density at radius 2 is 1.50 bits per heavy atom. The molecule has 1 amide bonds. The Morgan fingerprint density at radius 3 is 2.03 bits per heavy atom. The molecule has 1 aromatic rings. The Bertz CT molecular complexity index is 920. The van der Waals surface area contributed by atoms with E-state index in [9.17, 15) is 14.4 Å². The fourth-order valence-corrected chi connectivity index (χ4v) is 5.08. The van der Waals surface area contributed by atoms with E-state index in [2.05, 4.69) is 39.2 Å². The molecule has 2 rings (SSSR count). The van der Waals surface area contributed by atoms with Gasteiger partial charge in [0.05, 0.1) is 12.0 Å². The Balaban J connectivity index is 2.44. The zero-order valence-electron chi connectivity index (χ0n) is 23.3. The highest BCUT2D eigenvalue weighted by molar-refractivity contribution is 6.74. The minimum atomic E-state index is -2.38. The number of nitrogens with one attached hydrogen (secondary N) is 1. The van der Waals surface area contributed by atoms with Gasteiger partial charge in [0, 0.05) is 0 Å². The highest BCUT2D eigenvalue weighted by atomic mass is 28.4. The lowest BCUT2D eigenvalue weighted by molar-refractivity contribution is -0.158. The number of carbonyl (C=O) groups excluding carboxylic acids is 3. The summed E-state index contributed by atoms with van der Waals surface area (Å²) in [6.45, 7) is 18.9. The smallest absolute Gasteiger partial charge is 0.408 e. The molecule has 1 aliphatic rings. The highest BCUT2D eigenvalue weighted by Crippen LogP contribution is 2.39. The number of amides is 1. The minimum absolute atomic E-state index is 0.134. The van der Waals surface area contributed by atoms with Crippen molar-refractivity contribution in [1.29, 1.82) is 0 Å². The van der Waals surface area contributed by atoms with Gasteiger partial charge in [0.1, 0.15) is 17.8 Å². The number of benzene rings is 1. The van der Waals surface area contributed by atoms with E-state index in [4.69, 9.17) is 18.6 Å². The zero-order valence-corrected chi connectivity index (χ0v) is 24.3. The average molecular weight is 522 g/mol. The van der Waals surface area contributed by atoms with Crippen molar-refractivity contribution >= 4 is 26.3 Å². The first-order valence-electron chi connectivity index (χ1n) is 12.5. The summed E-state index contributed by atoms with van der Waals surface area (Å²) >= 11 is 0. The summed E-state index contributed by atoms with van der Waals surface area (Å²) in [5.41, 5.74) is 0.180. The summed E-state index contributed by atoms with van der Waals surface area (Å²) in [6, 6.07) is 8.38. The molecule has 0 radical (unpaired) electrons. The standard InChI is InChI=1S/C27H43NO7Si/c1-17-21(28-25(31)34-26(3,4)5)24(30)33-18(2)22(35-36(9,10)27(6,7)8)20(23(29)32-17)16-19-14-12-11-13-15-19/h11-15,17-18,20-22H,16H2,1-10H3,(H,28,31)/t17-,18+,20-,21+,22+/m1/s1. The van der Waals surface area contributed by atoms with Gasteiger partial charge in [-0.25, -0.2) is 9.59 Å². The van der Waals surface area contributed by atoms with Gasteiger partial charge >= 0.3 is 18.0 Å². The molecule has 0 aromatic heterocycles. The Labute approximate surface area is 216 Å². The van der Waals surface area contributed by atoms with Crippen LogP contribution in [0.15, 0.2) is 30.3 Å². The lowest BCUT2D eigenvalue weighted by Crippen LogP contribution is -2.52. The second kappa shape index (κ2) is 11.3. The predicted molar refractivity (Wildman–Crippen MR) is 140 cm³/mol. The van der Waals surface area contributed by atoms with Crippen LogP contribution in [0.2, 0.25) is 18.1 Å². The highest BCUT2D eigenvalue weighted by Gasteiger charge is 2.47. The second-order valence-electron chi connectivity index (χ2n) is 12.0. The Morgan fingerprint density at radius 1 is 0.944 bits per heavy atom. The molecule has 1 N–H and O–H groups in total. The van der Waals surface area contributed by atoms with Crippen molar-refractivity contribution in [2.24, 2.45) is 5.92 Å². The molecule has 0 aliphatic carbocycles. The van der Waals surface area contributed by atoms with Crippen LogP contribution in [0.4, 0.5) is 4.79 Å². The van der Waals surface area contributed by atoms with Crippen LogP contribution in [0.25, 0.3) is 0 Å². The first-order chi connectivity index (χ1) is 16.4. The van der Waals surface area contributed by atoms with Gasteiger partial charge in [0.15, 0.2) is 14.4 Å². The molecular formula is C27H43NO7Si. The van der Waals surface area contributed by atoms with Gasteiger partial charge in [-0.3, -0.25) is 4.79 Å². The lowest BCUT2D eigenvalue weighted by atomic mass is 9.91. The molecule has 1 saturated heterocycles. The summed E-state index contributed by atoms with van der Waals surface area (Å²) in [5.74, 6) is -1.93. The average Bonchev–Trinajstić information content (AvgIpc) is 2.74. The maximum Gasteiger partial charge on any atom is 0.408 e. The second-order valence-corrected chi connectivity index (χ2v) is 16.8. The third-order valence-corrected chi connectivity index (χ3v) is 11.2. The third kappa shape index (κ3) is 8.06. The monoisotopic (exact) mass is 521 g/mol. The maximum absolute atomic E-state index is 13.6. The molecule has 1 fully saturated rings. The van der Waals surface area contributed by atoms with Crippen LogP contribution in [-0.4, -0.2) is 56.3 Å². The normalized spacial score (nSPS) is 26.1. The molecule has 5 atom stereocenters. The predicted octanol–water partition coefficient (Wildman–Crippen LogP) is 5.01. The number of cyclic esters (lactones) is 2. The zero-order chi connectivity index (χ0) is 27.5. The van der Waals surface area contributed by atoms with Crippen molar-refractivity contribution in [2.75, 3.05) is 0 Å². The van der Waals surface area contributed by atoms with E-state index in [1.165, 1.54) is 0 Å². The summed E-state index contributed by atoms with van der Waals surface area (Å²) in [6.07, 6.45) is -2.91. The Hall–Kier alpha value is -2.39.